The van der Waals surface area contributed by atoms with Crippen LogP contribution in [0.25, 0.3) is 11.0 Å². The second kappa shape index (κ2) is 10.1. The first-order valence-corrected chi connectivity index (χ1v) is 10.6. The first kappa shape index (κ1) is 22.4. The van der Waals surface area contributed by atoms with E-state index in [0.29, 0.717) is 28.4 Å². The average Bonchev–Trinajstić information content (AvgIpc) is 3.35. The van der Waals surface area contributed by atoms with Gasteiger partial charge in [-0.2, -0.15) is 0 Å². The maximum absolute atomic E-state index is 12.7. The van der Waals surface area contributed by atoms with Gasteiger partial charge >= 0.3 is 12.1 Å². The molecule has 1 atom stereocenters. The highest BCUT2D eigenvalue weighted by Gasteiger charge is 2.33. The fraction of sp³-hybridized carbons (Fsp3) is 0.500. The van der Waals surface area contributed by atoms with E-state index in [9.17, 15) is 19.5 Å². The Kier molecular flexibility index (Phi) is 7.55. The molecule has 2 aromatic rings. The number of carbonyl (C=O) groups excluding carboxylic acids is 2. The second-order valence-electron chi connectivity index (χ2n) is 7.37. The Bertz CT molecular complexity index is 927. The minimum absolute atomic E-state index is 0.0130. The van der Waals surface area contributed by atoms with Gasteiger partial charge < -0.3 is 19.2 Å². The van der Waals surface area contributed by atoms with Crippen LogP contribution in [0.3, 0.4) is 0 Å². The van der Waals surface area contributed by atoms with E-state index in [4.69, 9.17) is 27.9 Å². The lowest BCUT2D eigenvalue weighted by molar-refractivity contribution is -0.144. The van der Waals surface area contributed by atoms with Crippen molar-refractivity contribution in [2.24, 2.45) is 5.92 Å². The normalized spacial score (nSPS) is 15.3. The Morgan fingerprint density at radius 2 is 2.00 bits per heavy atom. The largest absolute Gasteiger partial charge is 0.480 e. The van der Waals surface area contributed by atoms with Crippen molar-refractivity contribution in [2.75, 3.05) is 13.2 Å². The Morgan fingerprint density at radius 3 is 2.67 bits per heavy atom. The lowest BCUT2D eigenvalue weighted by Crippen LogP contribution is -2.47. The van der Waals surface area contributed by atoms with Crippen LogP contribution in [0.2, 0.25) is 10.0 Å². The third kappa shape index (κ3) is 5.23. The molecular weight excluding hydrogens is 433 g/mol. The van der Waals surface area contributed by atoms with Crippen LogP contribution in [-0.4, -0.2) is 57.1 Å². The number of amides is 1. The average molecular weight is 456 g/mol. The zero-order chi connectivity index (χ0) is 21.7. The highest BCUT2D eigenvalue weighted by atomic mass is 35.5. The number of hydrogen-bond acceptors (Lipinski definition) is 5. The van der Waals surface area contributed by atoms with Crippen molar-refractivity contribution in [1.82, 2.24) is 14.5 Å². The van der Waals surface area contributed by atoms with Gasteiger partial charge in [-0.1, -0.05) is 36.0 Å². The number of fused-ring (bicyclic) bond motifs is 1. The Balaban J connectivity index is 1.66. The molecule has 1 fully saturated rings. The fourth-order valence-corrected chi connectivity index (χ4v) is 4.11. The van der Waals surface area contributed by atoms with Crippen molar-refractivity contribution in [2.45, 2.75) is 44.7 Å². The molecule has 1 N–H and O–H groups in total. The van der Waals surface area contributed by atoms with Gasteiger partial charge in [-0.15, -0.1) is 0 Å². The molecule has 1 heterocycles. The van der Waals surface area contributed by atoms with Crippen LogP contribution in [-0.2, 0) is 20.9 Å². The van der Waals surface area contributed by atoms with Gasteiger partial charge in [-0.25, -0.2) is 14.6 Å². The van der Waals surface area contributed by atoms with Crippen LogP contribution in [0.5, 0.6) is 0 Å². The number of hydrogen-bond donors (Lipinski definition) is 1. The monoisotopic (exact) mass is 455 g/mol. The summed E-state index contributed by atoms with van der Waals surface area (Å²) in [6, 6.07) is 2.11. The molecule has 1 aliphatic carbocycles. The fourth-order valence-electron chi connectivity index (χ4n) is 3.80. The van der Waals surface area contributed by atoms with Crippen LogP contribution < -0.4 is 0 Å². The first-order chi connectivity index (χ1) is 14.4. The van der Waals surface area contributed by atoms with Gasteiger partial charge in [-0.05, 0) is 30.9 Å². The molecule has 0 spiro atoms. The van der Waals surface area contributed by atoms with E-state index < -0.39 is 18.1 Å². The van der Waals surface area contributed by atoms with E-state index >= 15 is 0 Å². The first-order valence-electron chi connectivity index (χ1n) is 9.80. The van der Waals surface area contributed by atoms with Crippen LogP contribution in [0.1, 0.15) is 32.1 Å². The summed E-state index contributed by atoms with van der Waals surface area (Å²) in [7, 11) is 0. The Hall–Kier alpha value is -2.32. The molecule has 162 valence electrons. The molecule has 1 aromatic heterocycles. The third-order valence-electron chi connectivity index (χ3n) is 5.37. The molecule has 0 bridgehead atoms. The number of nitrogens with zero attached hydrogens (tertiary/aromatic N) is 3. The number of rotatable bonds is 9. The predicted octanol–water partition coefficient (Wildman–Crippen LogP) is 4.01. The van der Waals surface area contributed by atoms with E-state index in [1.807, 2.05) is 0 Å². The van der Waals surface area contributed by atoms with Gasteiger partial charge in [0, 0.05) is 13.0 Å². The summed E-state index contributed by atoms with van der Waals surface area (Å²) in [6.45, 7) is 0.591. The van der Waals surface area contributed by atoms with E-state index in [-0.39, 0.29) is 25.5 Å². The molecule has 1 aliphatic rings. The minimum Gasteiger partial charge on any atom is -0.480 e. The Morgan fingerprint density at radius 1 is 1.30 bits per heavy atom. The van der Waals surface area contributed by atoms with Gasteiger partial charge in [0.05, 0.1) is 34.0 Å². The van der Waals surface area contributed by atoms with Gasteiger partial charge in [-0.3, -0.25) is 4.90 Å². The highest BCUT2D eigenvalue weighted by Crippen LogP contribution is 2.28. The quantitative estimate of drug-likeness (QED) is 0.572. The third-order valence-corrected chi connectivity index (χ3v) is 6.09. The van der Waals surface area contributed by atoms with Gasteiger partial charge in [0.15, 0.2) is 0 Å². The zero-order valence-electron chi connectivity index (χ0n) is 16.3. The van der Waals surface area contributed by atoms with Crippen LogP contribution in [0.15, 0.2) is 18.5 Å². The summed E-state index contributed by atoms with van der Waals surface area (Å²) in [6.07, 6.45) is 5.07. The van der Waals surface area contributed by atoms with E-state index in [0.717, 1.165) is 31.2 Å². The number of imidazole rings is 1. The van der Waals surface area contributed by atoms with Crippen molar-refractivity contribution in [3.05, 3.63) is 28.5 Å². The number of aldehydes is 1. The summed E-state index contributed by atoms with van der Waals surface area (Å²) in [5, 5.41) is 10.3. The van der Waals surface area contributed by atoms with Gasteiger partial charge in [0.25, 0.3) is 0 Å². The molecule has 1 saturated carbocycles. The second-order valence-corrected chi connectivity index (χ2v) is 8.18. The van der Waals surface area contributed by atoms with Gasteiger partial charge in [0.1, 0.15) is 18.9 Å². The van der Waals surface area contributed by atoms with Crippen molar-refractivity contribution >= 4 is 52.6 Å². The SMILES string of the molecule is O=CC[C@@H](C(=O)O)N(CC1CCCC1)C(=O)OCCn1cnc2cc(Cl)c(Cl)cc21. The molecule has 0 unspecified atom stereocenters. The molecule has 1 aromatic carbocycles. The zero-order valence-corrected chi connectivity index (χ0v) is 17.8. The molecule has 0 radical (unpaired) electrons. The molecule has 0 saturated heterocycles. The number of halogens is 2. The van der Waals surface area contributed by atoms with Crippen LogP contribution in [0.4, 0.5) is 4.79 Å². The predicted molar refractivity (Wildman–Crippen MR) is 112 cm³/mol. The summed E-state index contributed by atoms with van der Waals surface area (Å²) >= 11 is 12.1. The molecule has 1 amide bonds. The van der Waals surface area contributed by atoms with Crippen molar-refractivity contribution in [3.8, 4) is 0 Å². The summed E-state index contributed by atoms with van der Waals surface area (Å²) in [4.78, 5) is 40.7. The topological polar surface area (TPSA) is 102 Å². The number of benzene rings is 1. The molecule has 10 heteroatoms. The Labute approximate surface area is 183 Å². The molecule has 3 rings (SSSR count). The lowest BCUT2D eigenvalue weighted by atomic mass is 10.1. The van der Waals surface area contributed by atoms with Crippen molar-refractivity contribution < 1.29 is 24.2 Å². The van der Waals surface area contributed by atoms with E-state index in [2.05, 4.69) is 4.98 Å². The molecule has 30 heavy (non-hydrogen) atoms. The maximum atomic E-state index is 12.7. The van der Waals surface area contributed by atoms with Gasteiger partial charge in [0.2, 0.25) is 0 Å². The van der Waals surface area contributed by atoms with Crippen molar-refractivity contribution in [3.63, 3.8) is 0 Å². The van der Waals surface area contributed by atoms with E-state index in [1.165, 1.54) is 4.90 Å². The number of carboxylic acids is 1. The maximum Gasteiger partial charge on any atom is 0.410 e. The smallest absolute Gasteiger partial charge is 0.410 e. The number of carbonyl (C=O) groups is 3. The molecular formula is C20H23Cl2N3O5. The van der Waals surface area contributed by atoms with E-state index in [1.54, 1.807) is 23.0 Å². The minimum atomic E-state index is -1.23. The summed E-state index contributed by atoms with van der Waals surface area (Å²) in [5.74, 6) is -1.00. The highest BCUT2D eigenvalue weighted by molar-refractivity contribution is 6.42. The summed E-state index contributed by atoms with van der Waals surface area (Å²) < 4.78 is 7.14. The number of aliphatic carboxylic acids is 1. The lowest BCUT2D eigenvalue weighted by Gasteiger charge is -2.29. The van der Waals surface area contributed by atoms with Crippen molar-refractivity contribution in [1.29, 1.82) is 0 Å². The van der Waals surface area contributed by atoms with Crippen LogP contribution >= 0.6 is 23.2 Å². The number of carboxylic acid groups (broad SMARTS) is 1. The molecule has 0 aliphatic heterocycles. The van der Waals surface area contributed by atoms with Crippen LogP contribution in [0, 0.1) is 5.92 Å². The number of aromatic nitrogens is 2. The summed E-state index contributed by atoms with van der Waals surface area (Å²) in [5.41, 5.74) is 1.41. The number of ether oxygens (including phenoxy) is 1. The molecule has 8 nitrogen and oxygen atoms in total. The standard InChI is InChI=1S/C20H23Cl2N3O5/c21-14-9-16-18(10-15(14)22)24(12-23-16)6-8-30-20(29)25(11-13-3-1-2-4-13)17(5-7-26)19(27)28/h7,9-10,12-13,17H,1-6,8,11H2,(H,27,28)/t17-/m0/s1.